The van der Waals surface area contributed by atoms with Crippen LogP contribution in [0.25, 0.3) is 11.0 Å². The van der Waals surface area contributed by atoms with E-state index >= 15 is 0 Å². The van der Waals surface area contributed by atoms with E-state index in [0.717, 1.165) is 11.1 Å². The van der Waals surface area contributed by atoms with Crippen LogP contribution in [0.5, 0.6) is 0 Å². The number of nitrogens with one attached hydrogen (secondary N) is 1. The molecule has 0 radical (unpaired) electrons. The SMILES string of the molecule is O=C(OCc1cc(Cl)cc(Cl)c1)N1C[C@@H]2CN(C(=O)c3ccc4[nH]nnc4c3)C[C@@H]2C1. The molecular formula is C21H19Cl2N5O3. The molecule has 2 aliphatic rings. The van der Waals surface area contributed by atoms with Gasteiger partial charge in [0.05, 0.1) is 5.52 Å². The molecule has 2 atom stereocenters. The summed E-state index contributed by atoms with van der Waals surface area (Å²) >= 11 is 12.0. The molecule has 0 saturated carbocycles. The predicted molar refractivity (Wildman–Crippen MR) is 115 cm³/mol. The quantitative estimate of drug-likeness (QED) is 0.645. The first kappa shape index (κ1) is 20.1. The zero-order valence-electron chi connectivity index (χ0n) is 16.4. The maximum Gasteiger partial charge on any atom is 0.410 e. The van der Waals surface area contributed by atoms with Crippen LogP contribution in [0.1, 0.15) is 15.9 Å². The number of nitrogens with zero attached hydrogens (tertiary/aromatic N) is 4. The first-order chi connectivity index (χ1) is 15.0. The number of likely N-dealkylation sites (tertiary alicyclic amines) is 2. The third-order valence-corrected chi connectivity index (χ3v) is 6.33. The number of fused-ring (bicyclic) bond motifs is 2. The van der Waals surface area contributed by atoms with E-state index in [1.54, 1.807) is 35.2 Å². The van der Waals surface area contributed by atoms with Gasteiger partial charge in [-0.25, -0.2) is 4.79 Å². The number of ether oxygens (including phenoxy) is 1. The Morgan fingerprint density at radius 1 is 1.00 bits per heavy atom. The molecule has 1 N–H and O–H groups in total. The van der Waals surface area contributed by atoms with Gasteiger partial charge in [0.15, 0.2) is 0 Å². The third-order valence-electron chi connectivity index (χ3n) is 5.89. The monoisotopic (exact) mass is 459 g/mol. The molecule has 2 aliphatic heterocycles. The number of hydrogen-bond acceptors (Lipinski definition) is 5. The van der Waals surface area contributed by atoms with E-state index in [9.17, 15) is 9.59 Å². The van der Waals surface area contributed by atoms with Crippen molar-refractivity contribution in [2.24, 2.45) is 11.8 Å². The molecular weight excluding hydrogens is 441 g/mol. The van der Waals surface area contributed by atoms with Crippen molar-refractivity contribution >= 4 is 46.2 Å². The number of H-pyrrole nitrogens is 1. The fraction of sp³-hybridized carbons (Fsp3) is 0.333. The van der Waals surface area contributed by atoms with Crippen LogP contribution in [0, 0.1) is 11.8 Å². The van der Waals surface area contributed by atoms with Crippen molar-refractivity contribution in [1.82, 2.24) is 25.2 Å². The van der Waals surface area contributed by atoms with Crippen LogP contribution in [0.15, 0.2) is 36.4 Å². The Labute approximate surface area is 188 Å². The lowest BCUT2D eigenvalue weighted by Crippen LogP contribution is -2.35. The largest absolute Gasteiger partial charge is 0.445 e. The summed E-state index contributed by atoms with van der Waals surface area (Å²) < 4.78 is 5.44. The van der Waals surface area contributed by atoms with Gasteiger partial charge < -0.3 is 14.5 Å². The molecule has 2 aromatic carbocycles. The molecule has 31 heavy (non-hydrogen) atoms. The fourth-order valence-electron chi connectivity index (χ4n) is 4.40. The number of carbonyl (C=O) groups is 2. The standard InChI is InChI=1S/C21H19Cl2N5O3/c22-16-3-12(4-17(23)6-16)11-31-21(30)28-9-14-7-27(8-15(14)10-28)20(29)13-1-2-18-19(5-13)25-26-24-18/h1-6,14-15H,7-11H2,(H,24,25,26)/t14-,15+. The first-order valence-electron chi connectivity index (χ1n) is 9.93. The second-order valence-electron chi connectivity index (χ2n) is 8.01. The molecule has 0 aliphatic carbocycles. The Morgan fingerprint density at radius 3 is 2.39 bits per heavy atom. The molecule has 2 saturated heterocycles. The highest BCUT2D eigenvalue weighted by Crippen LogP contribution is 2.32. The lowest BCUT2D eigenvalue weighted by Gasteiger charge is -2.21. The van der Waals surface area contributed by atoms with Crippen molar-refractivity contribution in [3.63, 3.8) is 0 Å². The highest BCUT2D eigenvalue weighted by Gasteiger charge is 2.43. The third kappa shape index (κ3) is 4.05. The van der Waals surface area contributed by atoms with Crippen LogP contribution >= 0.6 is 23.2 Å². The van der Waals surface area contributed by atoms with Crippen LogP contribution in [-0.4, -0.2) is 63.4 Å². The summed E-state index contributed by atoms with van der Waals surface area (Å²) in [6, 6.07) is 10.4. The summed E-state index contributed by atoms with van der Waals surface area (Å²) in [5, 5.41) is 11.5. The Kier molecular flexibility index (Phi) is 5.19. The second-order valence-corrected chi connectivity index (χ2v) is 8.88. The molecule has 160 valence electrons. The number of aromatic amines is 1. The van der Waals surface area contributed by atoms with Crippen molar-refractivity contribution in [1.29, 1.82) is 0 Å². The summed E-state index contributed by atoms with van der Waals surface area (Å²) in [6.07, 6.45) is -0.361. The molecule has 10 heteroatoms. The lowest BCUT2D eigenvalue weighted by molar-refractivity contribution is 0.0764. The Hall–Kier alpha value is -2.84. The van der Waals surface area contributed by atoms with Crippen molar-refractivity contribution in [2.75, 3.05) is 26.2 Å². The van der Waals surface area contributed by atoms with E-state index in [1.807, 2.05) is 11.0 Å². The molecule has 5 rings (SSSR count). The molecule has 0 bridgehead atoms. The number of halogens is 2. The van der Waals surface area contributed by atoms with Crippen molar-refractivity contribution in [2.45, 2.75) is 6.61 Å². The Balaban J connectivity index is 1.16. The molecule has 1 aromatic heterocycles. The number of benzene rings is 2. The summed E-state index contributed by atoms with van der Waals surface area (Å²) in [5.41, 5.74) is 2.80. The van der Waals surface area contributed by atoms with Gasteiger partial charge in [-0.1, -0.05) is 28.4 Å². The van der Waals surface area contributed by atoms with Gasteiger partial charge >= 0.3 is 6.09 Å². The number of rotatable bonds is 3. The van der Waals surface area contributed by atoms with Gasteiger partial charge in [-0.2, -0.15) is 0 Å². The topological polar surface area (TPSA) is 91.4 Å². The van der Waals surface area contributed by atoms with Gasteiger partial charge in [0.1, 0.15) is 12.1 Å². The van der Waals surface area contributed by atoms with E-state index in [0.29, 0.717) is 47.3 Å². The van der Waals surface area contributed by atoms with E-state index in [4.69, 9.17) is 27.9 Å². The summed E-state index contributed by atoms with van der Waals surface area (Å²) in [5.74, 6) is 0.465. The van der Waals surface area contributed by atoms with Crippen LogP contribution < -0.4 is 0 Å². The van der Waals surface area contributed by atoms with Crippen LogP contribution in [-0.2, 0) is 11.3 Å². The molecule has 0 unspecified atom stereocenters. The zero-order valence-corrected chi connectivity index (χ0v) is 17.9. The van der Waals surface area contributed by atoms with Gasteiger partial charge in [0.2, 0.25) is 0 Å². The molecule has 8 nitrogen and oxygen atoms in total. The summed E-state index contributed by atoms with van der Waals surface area (Å²) in [6.45, 7) is 2.50. The zero-order chi connectivity index (χ0) is 21.5. The smallest absolute Gasteiger partial charge is 0.410 e. The van der Waals surface area contributed by atoms with Crippen LogP contribution in [0.3, 0.4) is 0 Å². The maximum atomic E-state index is 12.9. The maximum absolute atomic E-state index is 12.9. The minimum Gasteiger partial charge on any atom is -0.445 e. The van der Waals surface area contributed by atoms with Gasteiger partial charge in [0.25, 0.3) is 5.91 Å². The van der Waals surface area contributed by atoms with Gasteiger partial charge in [-0.05, 0) is 42.0 Å². The first-order valence-corrected chi connectivity index (χ1v) is 10.7. The average Bonchev–Trinajstić information content (AvgIpc) is 3.44. The van der Waals surface area contributed by atoms with E-state index in [2.05, 4.69) is 15.4 Å². The number of carbonyl (C=O) groups excluding carboxylic acids is 2. The lowest BCUT2D eigenvalue weighted by atomic mass is 10.0. The molecule has 0 spiro atoms. The van der Waals surface area contributed by atoms with Crippen molar-refractivity contribution < 1.29 is 14.3 Å². The highest BCUT2D eigenvalue weighted by molar-refractivity contribution is 6.34. The minimum atomic E-state index is -0.361. The molecule has 3 aromatic rings. The van der Waals surface area contributed by atoms with Crippen molar-refractivity contribution in [3.05, 3.63) is 57.6 Å². The molecule has 2 amide bonds. The Bertz CT molecular complexity index is 1130. The van der Waals surface area contributed by atoms with E-state index in [-0.39, 0.29) is 30.4 Å². The van der Waals surface area contributed by atoms with E-state index < -0.39 is 0 Å². The number of aromatic nitrogens is 3. The average molecular weight is 460 g/mol. The highest BCUT2D eigenvalue weighted by atomic mass is 35.5. The summed E-state index contributed by atoms with van der Waals surface area (Å²) in [4.78, 5) is 29.0. The molecule has 2 fully saturated rings. The number of hydrogen-bond donors (Lipinski definition) is 1. The minimum absolute atomic E-state index is 0.0220. The van der Waals surface area contributed by atoms with Crippen LogP contribution in [0.2, 0.25) is 10.0 Å². The normalized spacial score (nSPS) is 20.3. The van der Waals surface area contributed by atoms with E-state index in [1.165, 1.54) is 0 Å². The van der Waals surface area contributed by atoms with Gasteiger partial charge in [0, 0.05) is 53.6 Å². The Morgan fingerprint density at radius 2 is 1.68 bits per heavy atom. The molecule has 3 heterocycles. The number of amides is 2. The van der Waals surface area contributed by atoms with Crippen LogP contribution in [0.4, 0.5) is 4.79 Å². The predicted octanol–water partition coefficient (Wildman–Crippen LogP) is 3.61. The van der Waals surface area contributed by atoms with Gasteiger partial charge in [-0.3, -0.25) is 9.89 Å². The van der Waals surface area contributed by atoms with Gasteiger partial charge in [-0.15, -0.1) is 5.10 Å². The fourth-order valence-corrected chi connectivity index (χ4v) is 4.97. The summed E-state index contributed by atoms with van der Waals surface area (Å²) in [7, 11) is 0. The van der Waals surface area contributed by atoms with Crippen molar-refractivity contribution in [3.8, 4) is 0 Å². The second kappa shape index (κ2) is 8.01.